The van der Waals surface area contributed by atoms with E-state index in [2.05, 4.69) is 40.0 Å². The van der Waals surface area contributed by atoms with Gasteiger partial charge in [0.15, 0.2) is 0 Å². The summed E-state index contributed by atoms with van der Waals surface area (Å²) in [5, 5.41) is 0. The fraction of sp³-hybridized carbons (Fsp3) is 0.667. The highest BCUT2D eigenvalue weighted by molar-refractivity contribution is 5.40. The molecule has 0 aliphatic carbocycles. The molecule has 2 fully saturated rings. The van der Waals surface area contributed by atoms with Crippen LogP contribution in [-0.2, 0) is 0 Å². The number of rotatable bonds is 3. The van der Waals surface area contributed by atoms with E-state index in [1.165, 1.54) is 50.9 Å². The van der Waals surface area contributed by atoms with E-state index in [-0.39, 0.29) is 0 Å². The Labute approximate surface area is 110 Å². The number of hydrogen-bond donors (Lipinski definition) is 0. The number of pyridine rings is 1. The molecule has 3 heteroatoms. The van der Waals surface area contributed by atoms with Crippen LogP contribution in [0.5, 0.6) is 0 Å². The Bertz CT molecular complexity index is 381. The molecular weight excluding hydrogens is 222 g/mol. The lowest BCUT2D eigenvalue weighted by atomic mass is 10.1. The molecule has 3 rings (SSSR count). The van der Waals surface area contributed by atoms with E-state index in [0.717, 1.165) is 12.4 Å². The molecule has 98 valence electrons. The molecule has 2 aliphatic heterocycles. The predicted octanol–water partition coefficient (Wildman–Crippen LogP) is 2.84. The molecule has 1 atom stereocenters. The van der Waals surface area contributed by atoms with Crippen LogP contribution in [0, 0.1) is 0 Å². The highest BCUT2D eigenvalue weighted by Crippen LogP contribution is 2.31. The molecule has 2 saturated heterocycles. The third-order valence-electron chi connectivity index (χ3n) is 4.36. The van der Waals surface area contributed by atoms with Crippen LogP contribution in [0.4, 0.5) is 5.82 Å². The van der Waals surface area contributed by atoms with Gasteiger partial charge in [-0.1, -0.05) is 13.0 Å². The third kappa shape index (κ3) is 2.24. The Hall–Kier alpha value is -1.09. The topological polar surface area (TPSA) is 19.4 Å². The first-order valence-electron chi connectivity index (χ1n) is 7.33. The van der Waals surface area contributed by atoms with Crippen LogP contribution in [0.25, 0.3) is 0 Å². The van der Waals surface area contributed by atoms with Gasteiger partial charge in [0, 0.05) is 25.3 Å². The second kappa shape index (κ2) is 5.27. The molecule has 0 saturated carbocycles. The van der Waals surface area contributed by atoms with Crippen molar-refractivity contribution in [3.8, 4) is 0 Å². The molecule has 0 aromatic carbocycles. The molecule has 0 spiro atoms. The fourth-order valence-corrected chi connectivity index (χ4v) is 3.31. The second-order valence-electron chi connectivity index (χ2n) is 5.43. The van der Waals surface area contributed by atoms with Crippen LogP contribution in [0.2, 0.25) is 0 Å². The zero-order chi connectivity index (χ0) is 12.4. The smallest absolute Gasteiger partial charge is 0.128 e. The van der Waals surface area contributed by atoms with Gasteiger partial charge in [-0.2, -0.15) is 0 Å². The maximum atomic E-state index is 4.67. The summed E-state index contributed by atoms with van der Waals surface area (Å²) >= 11 is 0. The van der Waals surface area contributed by atoms with Crippen molar-refractivity contribution in [1.82, 2.24) is 9.88 Å². The molecular formula is C15H23N3. The molecule has 0 N–H and O–H groups in total. The molecule has 0 amide bonds. The first-order valence-corrected chi connectivity index (χ1v) is 7.33. The molecule has 1 aromatic heterocycles. The molecule has 1 unspecified atom stereocenters. The first-order chi connectivity index (χ1) is 8.88. The molecule has 3 heterocycles. The van der Waals surface area contributed by atoms with E-state index in [1.54, 1.807) is 0 Å². The minimum absolute atomic E-state index is 0.607. The van der Waals surface area contributed by atoms with Crippen molar-refractivity contribution < 1.29 is 0 Å². The van der Waals surface area contributed by atoms with E-state index in [0.29, 0.717) is 6.04 Å². The van der Waals surface area contributed by atoms with Gasteiger partial charge in [-0.15, -0.1) is 0 Å². The van der Waals surface area contributed by atoms with Gasteiger partial charge < -0.3 is 4.90 Å². The summed E-state index contributed by atoms with van der Waals surface area (Å²) < 4.78 is 0. The van der Waals surface area contributed by atoms with E-state index in [1.807, 2.05) is 0 Å². The third-order valence-corrected chi connectivity index (χ3v) is 4.36. The van der Waals surface area contributed by atoms with Gasteiger partial charge in [0.25, 0.3) is 0 Å². The van der Waals surface area contributed by atoms with Gasteiger partial charge >= 0.3 is 0 Å². The number of nitrogens with zero attached hydrogens (tertiary/aromatic N) is 3. The SMILES string of the molecule is CCN1CCCC1c1ccc(N2CCCC2)nc1. The van der Waals surface area contributed by atoms with E-state index < -0.39 is 0 Å². The second-order valence-corrected chi connectivity index (χ2v) is 5.43. The zero-order valence-corrected chi connectivity index (χ0v) is 11.3. The van der Waals surface area contributed by atoms with E-state index in [9.17, 15) is 0 Å². The minimum Gasteiger partial charge on any atom is -0.357 e. The molecule has 2 aliphatic rings. The highest BCUT2D eigenvalue weighted by Gasteiger charge is 2.24. The largest absolute Gasteiger partial charge is 0.357 e. The van der Waals surface area contributed by atoms with Crippen molar-refractivity contribution in [2.24, 2.45) is 0 Å². The van der Waals surface area contributed by atoms with Gasteiger partial charge in [0.2, 0.25) is 0 Å². The van der Waals surface area contributed by atoms with Crippen molar-refractivity contribution in [3.05, 3.63) is 23.9 Å². The predicted molar refractivity (Wildman–Crippen MR) is 74.9 cm³/mol. The zero-order valence-electron chi connectivity index (χ0n) is 11.3. The van der Waals surface area contributed by atoms with Crippen LogP contribution in [-0.4, -0.2) is 36.1 Å². The minimum atomic E-state index is 0.607. The van der Waals surface area contributed by atoms with Crippen molar-refractivity contribution in [2.45, 2.75) is 38.6 Å². The van der Waals surface area contributed by atoms with Gasteiger partial charge in [0.1, 0.15) is 5.82 Å². The molecule has 1 aromatic rings. The van der Waals surface area contributed by atoms with Crippen LogP contribution in [0.1, 0.15) is 44.2 Å². The Kier molecular flexibility index (Phi) is 3.50. The Morgan fingerprint density at radius 1 is 1.17 bits per heavy atom. The van der Waals surface area contributed by atoms with Gasteiger partial charge in [-0.3, -0.25) is 4.90 Å². The molecule has 0 radical (unpaired) electrons. The summed E-state index contributed by atoms with van der Waals surface area (Å²) in [5.74, 6) is 1.16. The summed E-state index contributed by atoms with van der Waals surface area (Å²) in [6, 6.07) is 5.11. The quantitative estimate of drug-likeness (QED) is 0.816. The van der Waals surface area contributed by atoms with E-state index >= 15 is 0 Å². The standard InChI is InChI=1S/C15H23N3/c1-2-17-11-5-6-14(17)13-7-8-15(16-12-13)18-9-3-4-10-18/h7-8,12,14H,2-6,9-11H2,1H3. The highest BCUT2D eigenvalue weighted by atomic mass is 15.2. The number of aromatic nitrogens is 1. The van der Waals surface area contributed by atoms with Crippen molar-refractivity contribution in [3.63, 3.8) is 0 Å². The maximum Gasteiger partial charge on any atom is 0.128 e. The van der Waals surface area contributed by atoms with Crippen molar-refractivity contribution >= 4 is 5.82 Å². The summed E-state index contributed by atoms with van der Waals surface area (Å²) in [7, 11) is 0. The number of anilines is 1. The van der Waals surface area contributed by atoms with Crippen molar-refractivity contribution in [2.75, 3.05) is 31.1 Å². The molecule has 18 heavy (non-hydrogen) atoms. The summed E-state index contributed by atoms with van der Waals surface area (Å²) in [6.45, 7) is 7.01. The van der Waals surface area contributed by atoms with Crippen LogP contribution in [0.15, 0.2) is 18.3 Å². The summed E-state index contributed by atoms with van der Waals surface area (Å²) in [4.78, 5) is 9.63. The Morgan fingerprint density at radius 2 is 2.00 bits per heavy atom. The molecule has 0 bridgehead atoms. The molecule has 3 nitrogen and oxygen atoms in total. The maximum absolute atomic E-state index is 4.67. The van der Waals surface area contributed by atoms with Gasteiger partial charge in [-0.25, -0.2) is 4.98 Å². The summed E-state index contributed by atoms with van der Waals surface area (Å²) in [5.41, 5.74) is 1.40. The first kappa shape index (κ1) is 12.0. The van der Waals surface area contributed by atoms with E-state index in [4.69, 9.17) is 0 Å². The summed E-state index contributed by atoms with van der Waals surface area (Å²) in [6.07, 6.45) is 7.35. The Balaban J connectivity index is 1.74. The average molecular weight is 245 g/mol. The fourth-order valence-electron chi connectivity index (χ4n) is 3.31. The normalized spacial score (nSPS) is 24.9. The lowest BCUT2D eigenvalue weighted by Gasteiger charge is -2.23. The lowest BCUT2D eigenvalue weighted by Crippen LogP contribution is -2.23. The van der Waals surface area contributed by atoms with Crippen LogP contribution >= 0.6 is 0 Å². The van der Waals surface area contributed by atoms with Gasteiger partial charge in [-0.05, 0) is 50.4 Å². The van der Waals surface area contributed by atoms with Crippen LogP contribution < -0.4 is 4.90 Å². The monoisotopic (exact) mass is 245 g/mol. The Morgan fingerprint density at radius 3 is 2.67 bits per heavy atom. The van der Waals surface area contributed by atoms with Crippen LogP contribution in [0.3, 0.4) is 0 Å². The number of likely N-dealkylation sites (tertiary alicyclic amines) is 1. The average Bonchev–Trinajstić information content (AvgIpc) is 3.10. The number of hydrogen-bond acceptors (Lipinski definition) is 3. The van der Waals surface area contributed by atoms with Crippen molar-refractivity contribution in [1.29, 1.82) is 0 Å². The van der Waals surface area contributed by atoms with Gasteiger partial charge in [0.05, 0.1) is 0 Å². The lowest BCUT2D eigenvalue weighted by molar-refractivity contribution is 0.271.